The number of hydrogen-bond acceptors (Lipinski definition) is 7. The molecule has 1 aliphatic heterocycles. The first-order chi connectivity index (χ1) is 12.0. The van der Waals surface area contributed by atoms with Gasteiger partial charge in [-0.05, 0) is 45.9 Å². The van der Waals surface area contributed by atoms with Gasteiger partial charge < -0.3 is 14.7 Å². The Labute approximate surface area is 147 Å². The minimum atomic E-state index is -0.0944. The molecule has 0 bridgehead atoms. The van der Waals surface area contributed by atoms with Gasteiger partial charge in [0.05, 0.1) is 12.2 Å². The van der Waals surface area contributed by atoms with Gasteiger partial charge in [-0.25, -0.2) is 0 Å². The van der Waals surface area contributed by atoms with Crippen molar-refractivity contribution >= 4 is 17.5 Å². The minimum absolute atomic E-state index is 0.0944. The van der Waals surface area contributed by atoms with Crippen molar-refractivity contribution < 1.29 is 9.32 Å². The van der Waals surface area contributed by atoms with Gasteiger partial charge >= 0.3 is 0 Å². The number of aromatic nitrogens is 3. The number of hydrogen-bond donors (Lipinski definition) is 1. The maximum Gasteiger partial charge on any atom is 0.239 e. The second-order valence-electron chi connectivity index (χ2n) is 6.56. The van der Waals surface area contributed by atoms with Crippen molar-refractivity contribution in [3.05, 3.63) is 29.7 Å². The predicted molar refractivity (Wildman–Crippen MR) is 94.5 cm³/mol. The van der Waals surface area contributed by atoms with Crippen molar-refractivity contribution in [3.8, 4) is 0 Å². The number of nitrogens with one attached hydrogen (secondary N) is 1. The summed E-state index contributed by atoms with van der Waals surface area (Å²) >= 11 is 0. The van der Waals surface area contributed by atoms with E-state index in [1.165, 1.54) is 0 Å². The van der Waals surface area contributed by atoms with E-state index in [2.05, 4.69) is 30.5 Å². The highest BCUT2D eigenvalue weighted by Gasteiger charge is 2.25. The normalized spacial score (nSPS) is 17.8. The molecule has 2 aromatic heterocycles. The highest BCUT2D eigenvalue weighted by atomic mass is 16.5. The SMILES string of the molecule is Cc1ccc(N2CCCC(N(C)CC(=O)Nc3cc(C)on3)C2)nn1. The van der Waals surface area contributed by atoms with Crippen molar-refractivity contribution in [1.29, 1.82) is 0 Å². The summed E-state index contributed by atoms with van der Waals surface area (Å²) < 4.78 is 4.96. The molecule has 1 N–H and O–H groups in total. The van der Waals surface area contributed by atoms with Crippen LogP contribution in [0.4, 0.5) is 11.6 Å². The van der Waals surface area contributed by atoms with E-state index in [0.717, 1.165) is 37.4 Å². The maximum atomic E-state index is 12.2. The maximum absolute atomic E-state index is 12.2. The molecule has 1 atom stereocenters. The van der Waals surface area contributed by atoms with Gasteiger partial charge in [0.25, 0.3) is 0 Å². The molecule has 1 aliphatic rings. The van der Waals surface area contributed by atoms with Gasteiger partial charge in [-0.1, -0.05) is 5.16 Å². The summed E-state index contributed by atoms with van der Waals surface area (Å²) in [4.78, 5) is 16.5. The molecule has 1 unspecified atom stereocenters. The average molecular weight is 344 g/mol. The van der Waals surface area contributed by atoms with Crippen molar-refractivity contribution in [3.63, 3.8) is 0 Å². The Morgan fingerprint density at radius 3 is 2.92 bits per heavy atom. The lowest BCUT2D eigenvalue weighted by Gasteiger charge is -2.37. The molecule has 0 saturated carbocycles. The van der Waals surface area contributed by atoms with Crippen LogP contribution in [-0.4, -0.2) is 58.9 Å². The number of rotatable bonds is 5. The number of carbonyl (C=O) groups excluding carboxylic acids is 1. The molecule has 134 valence electrons. The van der Waals surface area contributed by atoms with Crippen LogP contribution >= 0.6 is 0 Å². The Balaban J connectivity index is 1.55. The molecule has 8 heteroatoms. The lowest BCUT2D eigenvalue weighted by molar-refractivity contribution is -0.117. The lowest BCUT2D eigenvalue weighted by Crippen LogP contribution is -2.48. The van der Waals surface area contributed by atoms with Crippen LogP contribution < -0.4 is 10.2 Å². The number of amides is 1. The first-order valence-electron chi connectivity index (χ1n) is 8.50. The zero-order valence-corrected chi connectivity index (χ0v) is 14.9. The van der Waals surface area contributed by atoms with E-state index in [1.54, 1.807) is 13.0 Å². The van der Waals surface area contributed by atoms with E-state index >= 15 is 0 Å². The molecule has 0 radical (unpaired) electrons. The van der Waals surface area contributed by atoms with Crippen LogP contribution in [0.5, 0.6) is 0 Å². The van der Waals surface area contributed by atoms with Crippen LogP contribution in [0.3, 0.4) is 0 Å². The summed E-state index contributed by atoms with van der Waals surface area (Å²) in [5, 5.41) is 15.0. The second kappa shape index (κ2) is 7.60. The molecule has 0 aromatic carbocycles. The molecule has 0 aliphatic carbocycles. The van der Waals surface area contributed by atoms with Crippen molar-refractivity contribution in [2.45, 2.75) is 32.7 Å². The van der Waals surface area contributed by atoms with Crippen LogP contribution in [-0.2, 0) is 4.79 Å². The summed E-state index contributed by atoms with van der Waals surface area (Å²) in [7, 11) is 1.97. The van der Waals surface area contributed by atoms with Crippen LogP contribution in [0.15, 0.2) is 22.7 Å². The number of carbonyl (C=O) groups is 1. The molecule has 1 amide bonds. The van der Waals surface area contributed by atoms with E-state index in [-0.39, 0.29) is 5.91 Å². The fourth-order valence-electron chi connectivity index (χ4n) is 3.05. The molecule has 1 saturated heterocycles. The summed E-state index contributed by atoms with van der Waals surface area (Å²) in [6.45, 7) is 5.83. The third-order valence-corrected chi connectivity index (χ3v) is 4.42. The lowest BCUT2D eigenvalue weighted by atomic mass is 10.0. The fraction of sp³-hybridized carbons (Fsp3) is 0.529. The van der Waals surface area contributed by atoms with Crippen LogP contribution in [0, 0.1) is 13.8 Å². The monoisotopic (exact) mass is 344 g/mol. The zero-order valence-electron chi connectivity index (χ0n) is 14.9. The van der Waals surface area contributed by atoms with Gasteiger partial charge in [-0.2, -0.15) is 5.10 Å². The standard InChI is InChI=1S/C17H24N6O2/c1-12-6-7-16(20-19-12)23-8-4-5-14(10-23)22(3)11-17(24)18-15-9-13(2)25-21-15/h6-7,9,14H,4-5,8,10-11H2,1-3H3,(H,18,21,24). The van der Waals surface area contributed by atoms with Gasteiger partial charge in [0.1, 0.15) is 5.76 Å². The molecule has 2 aromatic rings. The van der Waals surface area contributed by atoms with E-state index in [4.69, 9.17) is 4.52 Å². The van der Waals surface area contributed by atoms with Crippen molar-refractivity contribution in [2.75, 3.05) is 36.9 Å². The van der Waals surface area contributed by atoms with Crippen LogP contribution in [0.2, 0.25) is 0 Å². The summed E-state index contributed by atoms with van der Waals surface area (Å²) in [5.74, 6) is 1.93. The molecular formula is C17H24N6O2. The number of nitrogens with zero attached hydrogens (tertiary/aromatic N) is 5. The van der Waals surface area contributed by atoms with Gasteiger partial charge in [0, 0.05) is 25.2 Å². The number of aryl methyl sites for hydroxylation is 2. The Kier molecular flexibility index (Phi) is 5.28. The largest absolute Gasteiger partial charge is 0.360 e. The Morgan fingerprint density at radius 1 is 1.40 bits per heavy atom. The average Bonchev–Trinajstić information content (AvgIpc) is 3.00. The number of likely N-dealkylation sites (N-methyl/N-ethyl adjacent to an activating group) is 1. The molecule has 0 spiro atoms. The number of anilines is 2. The molecule has 1 fully saturated rings. The van der Waals surface area contributed by atoms with Crippen LogP contribution in [0.25, 0.3) is 0 Å². The Bertz CT molecular complexity index is 714. The minimum Gasteiger partial charge on any atom is -0.360 e. The van der Waals surface area contributed by atoms with Gasteiger partial charge in [0.2, 0.25) is 5.91 Å². The van der Waals surface area contributed by atoms with Crippen molar-refractivity contribution in [1.82, 2.24) is 20.3 Å². The summed E-state index contributed by atoms with van der Waals surface area (Å²) in [6.07, 6.45) is 2.12. The van der Waals surface area contributed by atoms with Gasteiger partial charge in [-0.3, -0.25) is 9.69 Å². The quantitative estimate of drug-likeness (QED) is 0.882. The second-order valence-corrected chi connectivity index (χ2v) is 6.56. The third-order valence-electron chi connectivity index (χ3n) is 4.42. The fourth-order valence-corrected chi connectivity index (χ4v) is 3.05. The smallest absolute Gasteiger partial charge is 0.239 e. The highest BCUT2D eigenvalue weighted by molar-refractivity contribution is 5.91. The predicted octanol–water partition coefficient (Wildman–Crippen LogP) is 1.62. The molecule has 3 heterocycles. The molecule has 8 nitrogen and oxygen atoms in total. The molecule has 3 rings (SSSR count). The molecule has 25 heavy (non-hydrogen) atoms. The van der Waals surface area contributed by atoms with Gasteiger partial charge in [-0.15, -0.1) is 5.10 Å². The third kappa shape index (κ3) is 4.54. The Morgan fingerprint density at radius 2 is 2.24 bits per heavy atom. The van der Waals surface area contributed by atoms with Crippen molar-refractivity contribution in [2.24, 2.45) is 0 Å². The number of piperidine rings is 1. The Hall–Kier alpha value is -2.48. The van der Waals surface area contributed by atoms with Gasteiger partial charge in [0.15, 0.2) is 11.6 Å². The topological polar surface area (TPSA) is 87.4 Å². The highest BCUT2D eigenvalue weighted by Crippen LogP contribution is 2.20. The zero-order chi connectivity index (χ0) is 17.8. The molecular weight excluding hydrogens is 320 g/mol. The van der Waals surface area contributed by atoms with E-state index < -0.39 is 0 Å². The van der Waals surface area contributed by atoms with E-state index in [0.29, 0.717) is 24.2 Å². The summed E-state index contributed by atoms with van der Waals surface area (Å²) in [5.41, 5.74) is 0.911. The van der Waals surface area contributed by atoms with E-state index in [1.807, 2.05) is 26.1 Å². The van der Waals surface area contributed by atoms with E-state index in [9.17, 15) is 4.79 Å². The van der Waals surface area contributed by atoms with Crippen LogP contribution in [0.1, 0.15) is 24.3 Å². The first kappa shape index (κ1) is 17.3. The summed E-state index contributed by atoms with van der Waals surface area (Å²) in [6, 6.07) is 5.98. The first-order valence-corrected chi connectivity index (χ1v) is 8.50.